The molecule has 3 rings (SSSR count). The maximum absolute atomic E-state index is 13.5. The van der Waals surface area contributed by atoms with Gasteiger partial charge in [-0.05, 0) is 35.9 Å². The summed E-state index contributed by atoms with van der Waals surface area (Å²) in [4.78, 5) is 13.9. The van der Waals surface area contributed by atoms with Crippen molar-refractivity contribution >= 4 is 27.6 Å². The first-order chi connectivity index (χ1) is 13.7. The van der Waals surface area contributed by atoms with Gasteiger partial charge in [-0.1, -0.05) is 23.7 Å². The quantitative estimate of drug-likeness (QED) is 0.663. The predicted molar refractivity (Wildman–Crippen MR) is 103 cm³/mol. The van der Waals surface area contributed by atoms with E-state index in [4.69, 9.17) is 16.3 Å². The highest BCUT2D eigenvalue weighted by Crippen LogP contribution is 2.27. The fourth-order valence-electron chi connectivity index (χ4n) is 3.24. The van der Waals surface area contributed by atoms with Crippen LogP contribution in [0.3, 0.4) is 0 Å². The van der Waals surface area contributed by atoms with E-state index in [9.17, 15) is 22.0 Å². The van der Waals surface area contributed by atoms with E-state index in [1.54, 1.807) is 24.3 Å². The molecule has 1 aliphatic heterocycles. The highest BCUT2D eigenvalue weighted by molar-refractivity contribution is 7.89. The van der Waals surface area contributed by atoms with Crippen molar-refractivity contribution in [2.45, 2.75) is 10.9 Å². The molecule has 0 aliphatic carbocycles. The van der Waals surface area contributed by atoms with Gasteiger partial charge in [0.2, 0.25) is 10.0 Å². The summed E-state index contributed by atoms with van der Waals surface area (Å²) in [5.74, 6) is -2.81. The molecule has 156 valence electrons. The minimum atomic E-state index is -3.98. The minimum Gasteiger partial charge on any atom is -0.468 e. The highest BCUT2D eigenvalue weighted by Gasteiger charge is 2.35. The molecule has 2 aromatic rings. The number of hydrogen-bond donors (Lipinski definition) is 0. The lowest BCUT2D eigenvalue weighted by atomic mass is 10.0. The molecule has 0 spiro atoms. The molecule has 29 heavy (non-hydrogen) atoms. The average Bonchev–Trinajstić information content (AvgIpc) is 2.71. The van der Waals surface area contributed by atoms with E-state index in [2.05, 4.69) is 0 Å². The molecule has 0 aromatic heterocycles. The summed E-state index contributed by atoms with van der Waals surface area (Å²) in [5, 5.41) is 0.528. The number of sulfonamides is 1. The molecule has 1 fully saturated rings. The van der Waals surface area contributed by atoms with E-state index in [0.29, 0.717) is 16.7 Å². The lowest BCUT2D eigenvalue weighted by Gasteiger charge is -2.37. The fraction of sp³-hybridized carbons (Fsp3) is 0.316. The molecular formula is C19H19ClF2N2O4S. The van der Waals surface area contributed by atoms with Crippen molar-refractivity contribution in [2.24, 2.45) is 0 Å². The first-order valence-corrected chi connectivity index (χ1v) is 10.6. The molecule has 0 saturated carbocycles. The van der Waals surface area contributed by atoms with Gasteiger partial charge in [0.25, 0.3) is 0 Å². The lowest BCUT2D eigenvalue weighted by molar-refractivity contribution is -0.147. The van der Waals surface area contributed by atoms with Crippen molar-refractivity contribution in [3.8, 4) is 0 Å². The van der Waals surface area contributed by atoms with Crippen molar-refractivity contribution in [3.63, 3.8) is 0 Å². The van der Waals surface area contributed by atoms with Crippen LogP contribution in [0.1, 0.15) is 11.6 Å². The van der Waals surface area contributed by atoms with E-state index >= 15 is 0 Å². The van der Waals surface area contributed by atoms with Crippen molar-refractivity contribution < 1.29 is 26.7 Å². The zero-order valence-electron chi connectivity index (χ0n) is 15.5. The van der Waals surface area contributed by atoms with Crippen LogP contribution in [-0.2, 0) is 19.6 Å². The van der Waals surface area contributed by atoms with Crippen LogP contribution >= 0.6 is 11.6 Å². The third kappa shape index (κ3) is 4.58. The van der Waals surface area contributed by atoms with Gasteiger partial charge < -0.3 is 4.74 Å². The normalized spacial score (nSPS) is 17.1. The second-order valence-electron chi connectivity index (χ2n) is 6.49. The summed E-state index contributed by atoms with van der Waals surface area (Å²) >= 11 is 5.91. The van der Waals surface area contributed by atoms with Crippen LogP contribution in [0.5, 0.6) is 0 Å². The number of ether oxygens (including phenoxy) is 1. The van der Waals surface area contributed by atoms with Crippen LogP contribution < -0.4 is 0 Å². The van der Waals surface area contributed by atoms with E-state index < -0.39 is 33.7 Å². The number of hydrogen-bond acceptors (Lipinski definition) is 5. The van der Waals surface area contributed by atoms with Gasteiger partial charge in [0.1, 0.15) is 6.04 Å². The van der Waals surface area contributed by atoms with Gasteiger partial charge in [0.05, 0.1) is 12.0 Å². The molecule has 1 atom stereocenters. The van der Waals surface area contributed by atoms with Gasteiger partial charge in [-0.3, -0.25) is 4.90 Å². The largest absolute Gasteiger partial charge is 0.468 e. The molecule has 1 unspecified atom stereocenters. The van der Waals surface area contributed by atoms with Crippen LogP contribution in [0.25, 0.3) is 0 Å². The Hall–Kier alpha value is -2.07. The Bertz CT molecular complexity index is 994. The summed E-state index contributed by atoms with van der Waals surface area (Å²) in [6.45, 7) is 0.682. The SMILES string of the molecule is COC(=O)C(c1ccc(Cl)cc1)N1CCN(S(=O)(=O)c2ccc(F)c(F)c2)CC1. The molecule has 0 radical (unpaired) electrons. The second-order valence-corrected chi connectivity index (χ2v) is 8.87. The molecule has 2 aromatic carbocycles. The summed E-state index contributed by atoms with van der Waals surface area (Å²) in [7, 11) is -2.69. The maximum Gasteiger partial charge on any atom is 0.327 e. The smallest absolute Gasteiger partial charge is 0.327 e. The number of carbonyl (C=O) groups is 1. The van der Waals surface area contributed by atoms with Gasteiger partial charge in [0.15, 0.2) is 11.6 Å². The Balaban J connectivity index is 1.77. The molecule has 10 heteroatoms. The Kier molecular flexibility index (Phi) is 6.52. The number of piperazine rings is 1. The molecule has 1 saturated heterocycles. The number of methoxy groups -OCH3 is 1. The van der Waals surface area contributed by atoms with Crippen LogP contribution in [0.4, 0.5) is 8.78 Å². The highest BCUT2D eigenvalue weighted by atomic mass is 35.5. The van der Waals surface area contributed by atoms with Crippen molar-refractivity contribution in [2.75, 3.05) is 33.3 Å². The third-order valence-electron chi connectivity index (χ3n) is 4.78. The molecular weight excluding hydrogens is 426 g/mol. The van der Waals surface area contributed by atoms with Gasteiger partial charge in [-0.2, -0.15) is 4.31 Å². The van der Waals surface area contributed by atoms with Crippen LogP contribution in [-0.4, -0.2) is 56.9 Å². The zero-order valence-corrected chi connectivity index (χ0v) is 17.1. The zero-order chi connectivity index (χ0) is 21.2. The predicted octanol–water partition coefficient (Wildman–Crippen LogP) is 2.84. The topological polar surface area (TPSA) is 66.9 Å². The van der Waals surface area contributed by atoms with E-state index in [-0.39, 0.29) is 31.1 Å². The molecule has 1 aliphatic rings. The Labute approximate surface area is 172 Å². The Morgan fingerprint density at radius 1 is 1.03 bits per heavy atom. The Morgan fingerprint density at radius 3 is 2.21 bits per heavy atom. The van der Waals surface area contributed by atoms with E-state index in [1.165, 1.54) is 11.4 Å². The summed E-state index contributed by atoms with van der Waals surface area (Å²) in [6, 6.07) is 8.54. The third-order valence-corrected chi connectivity index (χ3v) is 6.92. The van der Waals surface area contributed by atoms with Crippen LogP contribution in [0.2, 0.25) is 5.02 Å². The molecule has 0 N–H and O–H groups in total. The number of benzene rings is 2. The van der Waals surface area contributed by atoms with Crippen molar-refractivity contribution in [1.29, 1.82) is 0 Å². The van der Waals surface area contributed by atoms with E-state index in [1.807, 2.05) is 4.90 Å². The summed E-state index contributed by atoms with van der Waals surface area (Å²) < 4.78 is 58.2. The number of rotatable bonds is 5. The first-order valence-electron chi connectivity index (χ1n) is 8.76. The Morgan fingerprint density at radius 2 is 1.66 bits per heavy atom. The lowest BCUT2D eigenvalue weighted by Crippen LogP contribution is -2.51. The summed E-state index contributed by atoms with van der Waals surface area (Å²) in [5.41, 5.74) is 0.679. The maximum atomic E-state index is 13.5. The molecule has 0 bridgehead atoms. The van der Waals surface area contributed by atoms with Gasteiger partial charge >= 0.3 is 5.97 Å². The summed E-state index contributed by atoms with van der Waals surface area (Å²) in [6.07, 6.45) is 0. The number of carbonyl (C=O) groups excluding carboxylic acids is 1. The number of nitrogens with zero attached hydrogens (tertiary/aromatic N) is 2. The number of esters is 1. The van der Waals surface area contributed by atoms with Gasteiger partial charge in [-0.25, -0.2) is 22.0 Å². The van der Waals surface area contributed by atoms with Crippen molar-refractivity contribution in [1.82, 2.24) is 9.21 Å². The van der Waals surface area contributed by atoms with Gasteiger partial charge in [0, 0.05) is 31.2 Å². The van der Waals surface area contributed by atoms with Gasteiger partial charge in [-0.15, -0.1) is 0 Å². The fourth-order valence-corrected chi connectivity index (χ4v) is 4.80. The molecule has 6 nitrogen and oxygen atoms in total. The van der Waals surface area contributed by atoms with Crippen molar-refractivity contribution in [3.05, 3.63) is 64.7 Å². The first kappa shape index (κ1) is 21.6. The minimum absolute atomic E-state index is 0.0857. The molecule has 1 heterocycles. The van der Waals surface area contributed by atoms with Crippen LogP contribution in [0, 0.1) is 11.6 Å². The second kappa shape index (κ2) is 8.74. The molecule has 0 amide bonds. The monoisotopic (exact) mass is 444 g/mol. The van der Waals surface area contributed by atoms with E-state index in [0.717, 1.165) is 12.1 Å². The standard InChI is InChI=1S/C19H19ClF2N2O4S/c1-28-19(25)18(13-2-4-14(20)5-3-13)23-8-10-24(11-9-23)29(26,27)15-6-7-16(21)17(22)12-15/h2-7,12,18H,8-11H2,1H3. The van der Waals surface area contributed by atoms with Crippen LogP contribution in [0.15, 0.2) is 47.4 Å². The average molecular weight is 445 g/mol. The number of halogens is 3.